The summed E-state index contributed by atoms with van der Waals surface area (Å²) in [5, 5.41) is 16.5. The number of nitrogens with one attached hydrogen (secondary N) is 2. The monoisotopic (exact) mass is 380 g/mol. The summed E-state index contributed by atoms with van der Waals surface area (Å²) in [6.07, 6.45) is 3.64. The Hall–Kier alpha value is -2.19. The van der Waals surface area contributed by atoms with Crippen molar-refractivity contribution >= 4 is 34.8 Å². The average molecular weight is 381 g/mol. The van der Waals surface area contributed by atoms with Crippen molar-refractivity contribution in [3.05, 3.63) is 33.3 Å². The first-order valence-electron chi connectivity index (χ1n) is 8.69. The highest BCUT2D eigenvalue weighted by Gasteiger charge is 2.30. The third kappa shape index (κ3) is 4.92. The van der Waals surface area contributed by atoms with Gasteiger partial charge in [-0.05, 0) is 44.8 Å². The van der Waals surface area contributed by atoms with Gasteiger partial charge < -0.3 is 10.6 Å². The fourth-order valence-electron chi connectivity index (χ4n) is 3.01. The van der Waals surface area contributed by atoms with Gasteiger partial charge in [-0.1, -0.05) is 11.6 Å². The molecule has 9 heteroatoms. The summed E-state index contributed by atoms with van der Waals surface area (Å²) in [4.78, 5) is 36.4. The van der Waals surface area contributed by atoms with Crippen LogP contribution < -0.4 is 10.6 Å². The van der Waals surface area contributed by atoms with Gasteiger partial charge in [-0.3, -0.25) is 24.6 Å². The Morgan fingerprint density at radius 2 is 1.92 bits per heavy atom. The lowest BCUT2D eigenvalue weighted by atomic mass is 9.96. The van der Waals surface area contributed by atoms with Crippen molar-refractivity contribution in [2.45, 2.75) is 31.7 Å². The van der Waals surface area contributed by atoms with Crippen molar-refractivity contribution in [1.82, 2.24) is 10.2 Å². The first kappa shape index (κ1) is 18.6. The van der Waals surface area contributed by atoms with Crippen LogP contribution in [-0.4, -0.2) is 47.3 Å². The van der Waals surface area contributed by atoms with Gasteiger partial charge in [0.2, 0.25) is 11.8 Å². The molecule has 0 unspecified atom stereocenters. The van der Waals surface area contributed by atoms with Crippen LogP contribution in [0.25, 0.3) is 0 Å². The zero-order valence-electron chi connectivity index (χ0n) is 14.2. The van der Waals surface area contributed by atoms with E-state index in [9.17, 15) is 19.7 Å². The number of hydrogen-bond donors (Lipinski definition) is 2. The van der Waals surface area contributed by atoms with Crippen molar-refractivity contribution < 1.29 is 14.5 Å². The van der Waals surface area contributed by atoms with E-state index in [-0.39, 0.29) is 35.0 Å². The fourth-order valence-corrected chi connectivity index (χ4v) is 3.23. The van der Waals surface area contributed by atoms with Crippen LogP contribution in [0, 0.1) is 16.0 Å². The molecule has 3 rings (SSSR count). The Bertz CT molecular complexity index is 715. The molecule has 1 aromatic rings. The Morgan fingerprint density at radius 1 is 1.23 bits per heavy atom. The Kier molecular flexibility index (Phi) is 5.73. The fraction of sp³-hybridized carbons (Fsp3) is 0.529. The van der Waals surface area contributed by atoms with Gasteiger partial charge >= 0.3 is 0 Å². The molecule has 1 aliphatic carbocycles. The minimum Gasteiger partial charge on any atom is -0.353 e. The number of piperidine rings is 1. The molecule has 1 aliphatic heterocycles. The molecule has 0 radical (unpaired) electrons. The molecule has 26 heavy (non-hydrogen) atoms. The smallest absolute Gasteiger partial charge is 0.271 e. The number of nitro groups is 1. The van der Waals surface area contributed by atoms with E-state index in [4.69, 9.17) is 11.6 Å². The molecule has 1 heterocycles. The zero-order chi connectivity index (χ0) is 18.7. The number of hydrogen-bond acceptors (Lipinski definition) is 5. The largest absolute Gasteiger partial charge is 0.353 e. The lowest BCUT2D eigenvalue weighted by Gasteiger charge is -2.30. The third-order valence-corrected chi connectivity index (χ3v) is 5.00. The number of carbonyl (C=O) groups is 2. The standard InChI is InChI=1S/C17H21ClN4O4/c18-14-9-13(22(25)26)3-4-15(14)20-16(23)10-21-7-5-11(6-8-21)17(24)19-12-1-2-12/h3-4,9,11-12H,1-2,5-8,10H2,(H,19,24)(H,20,23). The normalized spacial score (nSPS) is 18.3. The number of halogens is 1. The molecule has 140 valence electrons. The van der Waals surface area contributed by atoms with Gasteiger partial charge in [0, 0.05) is 24.1 Å². The predicted molar refractivity (Wildman–Crippen MR) is 97.1 cm³/mol. The van der Waals surface area contributed by atoms with E-state index in [1.54, 1.807) is 0 Å². The molecular weight excluding hydrogens is 360 g/mol. The number of amides is 2. The van der Waals surface area contributed by atoms with E-state index in [1.165, 1.54) is 18.2 Å². The van der Waals surface area contributed by atoms with E-state index in [0.717, 1.165) is 25.7 Å². The van der Waals surface area contributed by atoms with Crippen LogP contribution in [0.5, 0.6) is 0 Å². The number of anilines is 1. The van der Waals surface area contributed by atoms with E-state index in [0.29, 0.717) is 24.8 Å². The van der Waals surface area contributed by atoms with Crippen molar-refractivity contribution in [1.29, 1.82) is 0 Å². The van der Waals surface area contributed by atoms with E-state index < -0.39 is 4.92 Å². The number of benzene rings is 1. The number of nitro benzene ring substituents is 1. The molecule has 0 aromatic heterocycles. The topological polar surface area (TPSA) is 105 Å². The van der Waals surface area contributed by atoms with Crippen LogP contribution in [-0.2, 0) is 9.59 Å². The van der Waals surface area contributed by atoms with Crippen LogP contribution >= 0.6 is 11.6 Å². The highest BCUT2D eigenvalue weighted by molar-refractivity contribution is 6.34. The van der Waals surface area contributed by atoms with Gasteiger partial charge in [-0.15, -0.1) is 0 Å². The Morgan fingerprint density at radius 3 is 2.50 bits per heavy atom. The van der Waals surface area contributed by atoms with Crippen LogP contribution in [0.1, 0.15) is 25.7 Å². The van der Waals surface area contributed by atoms with Gasteiger partial charge in [0.15, 0.2) is 0 Å². The minimum absolute atomic E-state index is 0.0269. The molecule has 2 fully saturated rings. The molecule has 2 aliphatic rings. The summed E-state index contributed by atoms with van der Waals surface area (Å²) in [6.45, 7) is 1.57. The van der Waals surface area contributed by atoms with Crippen molar-refractivity contribution in [3.8, 4) is 0 Å². The summed E-state index contributed by atoms with van der Waals surface area (Å²) in [5.74, 6) is -0.0741. The highest BCUT2D eigenvalue weighted by atomic mass is 35.5. The molecule has 0 spiro atoms. The molecule has 0 atom stereocenters. The Labute approximate surface area is 156 Å². The zero-order valence-corrected chi connectivity index (χ0v) is 15.0. The second kappa shape index (κ2) is 8.01. The van der Waals surface area contributed by atoms with Crippen LogP contribution in [0.2, 0.25) is 5.02 Å². The SMILES string of the molecule is O=C(CN1CCC(C(=O)NC2CC2)CC1)Nc1ccc([N+](=O)[O-])cc1Cl. The minimum atomic E-state index is -0.541. The van der Waals surface area contributed by atoms with Crippen LogP contribution in [0.15, 0.2) is 18.2 Å². The number of carbonyl (C=O) groups excluding carboxylic acids is 2. The second-order valence-electron chi connectivity index (χ2n) is 6.80. The van der Waals surface area contributed by atoms with Gasteiger partial charge in [0.1, 0.15) is 0 Å². The molecule has 1 saturated carbocycles. The molecule has 2 amide bonds. The van der Waals surface area contributed by atoms with Gasteiger partial charge in [0.25, 0.3) is 5.69 Å². The van der Waals surface area contributed by atoms with Crippen LogP contribution in [0.3, 0.4) is 0 Å². The summed E-state index contributed by atoms with van der Waals surface area (Å²) in [5.41, 5.74) is 0.223. The lowest BCUT2D eigenvalue weighted by Crippen LogP contribution is -2.43. The maximum atomic E-state index is 12.2. The maximum absolute atomic E-state index is 12.2. The second-order valence-corrected chi connectivity index (χ2v) is 7.21. The number of likely N-dealkylation sites (tertiary alicyclic amines) is 1. The molecule has 1 aromatic carbocycles. The lowest BCUT2D eigenvalue weighted by molar-refractivity contribution is -0.384. The molecule has 8 nitrogen and oxygen atoms in total. The molecule has 2 N–H and O–H groups in total. The van der Waals surface area contributed by atoms with Gasteiger partial charge in [0.05, 0.1) is 22.2 Å². The number of rotatable bonds is 6. The van der Waals surface area contributed by atoms with E-state index in [2.05, 4.69) is 10.6 Å². The predicted octanol–water partition coefficient (Wildman–Crippen LogP) is 2.18. The highest BCUT2D eigenvalue weighted by Crippen LogP contribution is 2.27. The number of non-ortho nitro benzene ring substituents is 1. The summed E-state index contributed by atoms with van der Waals surface area (Å²) in [7, 11) is 0. The summed E-state index contributed by atoms with van der Waals surface area (Å²) >= 11 is 5.98. The molecular formula is C17H21ClN4O4. The van der Waals surface area contributed by atoms with E-state index >= 15 is 0 Å². The maximum Gasteiger partial charge on any atom is 0.271 e. The van der Waals surface area contributed by atoms with E-state index in [1.807, 2.05) is 4.90 Å². The van der Waals surface area contributed by atoms with Crippen LogP contribution in [0.4, 0.5) is 11.4 Å². The molecule has 0 bridgehead atoms. The molecule has 1 saturated heterocycles. The van der Waals surface area contributed by atoms with Crippen molar-refractivity contribution in [2.75, 3.05) is 25.0 Å². The first-order valence-corrected chi connectivity index (χ1v) is 9.06. The average Bonchev–Trinajstić information content (AvgIpc) is 3.41. The van der Waals surface area contributed by atoms with Crippen molar-refractivity contribution in [2.24, 2.45) is 5.92 Å². The third-order valence-electron chi connectivity index (χ3n) is 4.69. The summed E-state index contributed by atoms with van der Waals surface area (Å²) in [6, 6.07) is 4.30. The summed E-state index contributed by atoms with van der Waals surface area (Å²) < 4.78 is 0. The Balaban J connectivity index is 1.45. The quantitative estimate of drug-likeness (QED) is 0.581. The number of nitrogens with zero attached hydrogens (tertiary/aromatic N) is 2. The van der Waals surface area contributed by atoms with Crippen molar-refractivity contribution in [3.63, 3.8) is 0 Å². The first-order chi connectivity index (χ1) is 12.4. The van der Waals surface area contributed by atoms with Gasteiger partial charge in [-0.25, -0.2) is 0 Å². The van der Waals surface area contributed by atoms with Gasteiger partial charge in [-0.2, -0.15) is 0 Å².